The van der Waals surface area contributed by atoms with Gasteiger partial charge in [0, 0.05) is 6.42 Å². The Bertz CT molecular complexity index is 270. The smallest absolute Gasteiger partial charge is 0.548 e. The number of nitrogens with zero attached hydrogens (tertiary/aromatic N) is 1. The van der Waals surface area contributed by atoms with Crippen molar-refractivity contribution in [2.75, 3.05) is 6.54 Å². The van der Waals surface area contributed by atoms with Crippen LogP contribution in [0.25, 0.3) is 0 Å². The first-order valence-electron chi connectivity index (χ1n) is 3.72. The zero-order chi connectivity index (χ0) is 10.0. The van der Waals surface area contributed by atoms with Crippen molar-refractivity contribution >= 4 is 17.8 Å². The van der Waals surface area contributed by atoms with Crippen molar-refractivity contribution in [2.45, 2.75) is 18.9 Å². The van der Waals surface area contributed by atoms with E-state index in [9.17, 15) is 24.6 Å². The number of amides is 1. The van der Waals surface area contributed by atoms with Gasteiger partial charge in [-0.1, -0.05) is 0 Å². The van der Waals surface area contributed by atoms with Crippen LogP contribution in [0.5, 0.6) is 0 Å². The van der Waals surface area contributed by atoms with Gasteiger partial charge in [-0.15, -0.1) is 0 Å². The van der Waals surface area contributed by atoms with E-state index in [0.29, 0.717) is 0 Å². The predicted octanol–water partition coefficient (Wildman–Crippen LogP) is -9.51. The zero-order valence-electron chi connectivity index (χ0n) is 8.69. The van der Waals surface area contributed by atoms with Crippen LogP contribution in [0.1, 0.15) is 12.8 Å². The molecule has 8 heteroatoms. The summed E-state index contributed by atoms with van der Waals surface area (Å²) in [5.41, 5.74) is 0. The Morgan fingerprint density at radius 1 is 1.33 bits per heavy atom. The fraction of sp³-hybridized carbons (Fsp3) is 0.571. The summed E-state index contributed by atoms with van der Waals surface area (Å²) >= 11 is 0. The molecule has 1 amide bonds. The molecule has 1 heterocycles. The zero-order valence-corrected chi connectivity index (χ0v) is 12.7. The summed E-state index contributed by atoms with van der Waals surface area (Å²) in [5, 5.41) is 20.6. The number of aliphatic carboxylic acids is 2. The molecular weight excluding hydrogens is 224 g/mol. The van der Waals surface area contributed by atoms with Gasteiger partial charge in [-0.2, -0.15) is 0 Å². The maximum Gasteiger partial charge on any atom is 1.00 e. The normalized spacial score (nSPS) is 19.1. The van der Waals surface area contributed by atoms with Crippen LogP contribution in [0.2, 0.25) is 0 Å². The van der Waals surface area contributed by atoms with Gasteiger partial charge in [-0.3, -0.25) is 4.79 Å². The second kappa shape index (κ2) is 7.65. The summed E-state index contributed by atoms with van der Waals surface area (Å²) in [6.07, 6.45) is 0.153. The Morgan fingerprint density at radius 3 is 2.27 bits per heavy atom. The van der Waals surface area contributed by atoms with E-state index in [1.54, 1.807) is 0 Å². The van der Waals surface area contributed by atoms with Crippen LogP contribution < -0.4 is 69.3 Å². The second-order valence-electron chi connectivity index (χ2n) is 2.77. The predicted molar refractivity (Wildman–Crippen MR) is 34.7 cm³/mol. The Labute approximate surface area is 131 Å². The van der Waals surface area contributed by atoms with E-state index in [1.165, 1.54) is 0 Å². The third-order valence-electron chi connectivity index (χ3n) is 1.90. The van der Waals surface area contributed by atoms with Crippen LogP contribution in [0.3, 0.4) is 0 Å². The molecule has 0 aromatic heterocycles. The van der Waals surface area contributed by atoms with Gasteiger partial charge >= 0.3 is 59.1 Å². The first-order valence-corrected chi connectivity index (χ1v) is 3.72. The number of carbonyl (C=O) groups is 3. The second-order valence-corrected chi connectivity index (χ2v) is 2.77. The molecule has 0 aromatic rings. The fourth-order valence-electron chi connectivity index (χ4n) is 1.32. The number of rotatable bonds is 3. The van der Waals surface area contributed by atoms with E-state index in [-0.39, 0.29) is 72.0 Å². The molecule has 1 saturated heterocycles. The Kier molecular flexibility index (Phi) is 9.07. The molecule has 0 bridgehead atoms. The van der Waals surface area contributed by atoms with Crippen LogP contribution in [0.15, 0.2) is 0 Å². The number of carbonyl (C=O) groups excluding carboxylic acids is 3. The summed E-state index contributed by atoms with van der Waals surface area (Å²) in [7, 11) is 0. The van der Waals surface area contributed by atoms with Gasteiger partial charge in [0.25, 0.3) is 0 Å². The van der Waals surface area contributed by atoms with Crippen molar-refractivity contribution in [3.63, 3.8) is 0 Å². The molecule has 6 nitrogen and oxygen atoms in total. The molecule has 0 N–H and O–H groups in total. The molecule has 1 aliphatic rings. The number of carboxylic acid groups (broad SMARTS) is 2. The van der Waals surface area contributed by atoms with Crippen molar-refractivity contribution in [1.82, 2.24) is 4.90 Å². The fourth-order valence-corrected chi connectivity index (χ4v) is 1.32. The summed E-state index contributed by atoms with van der Waals surface area (Å²) in [4.78, 5) is 32.3. The van der Waals surface area contributed by atoms with Crippen LogP contribution in [-0.2, 0) is 14.4 Å². The van der Waals surface area contributed by atoms with Crippen molar-refractivity contribution < 1.29 is 83.7 Å². The van der Waals surface area contributed by atoms with Crippen LogP contribution >= 0.6 is 0 Å². The molecule has 0 spiro atoms. The minimum absolute atomic E-state index is 0. The molecule has 1 atom stereocenters. The monoisotopic (exact) mass is 231 g/mol. The molecule has 72 valence electrons. The Hall–Kier alpha value is 0.410. The first kappa shape index (κ1) is 17.8. The number of hydrogen-bond acceptors (Lipinski definition) is 5. The van der Waals surface area contributed by atoms with Crippen molar-refractivity contribution in [3.8, 4) is 0 Å². The van der Waals surface area contributed by atoms with E-state index >= 15 is 0 Å². The van der Waals surface area contributed by atoms with Gasteiger partial charge in [0.2, 0.25) is 5.91 Å². The molecule has 0 aromatic carbocycles. The van der Waals surface area contributed by atoms with E-state index in [0.717, 1.165) is 4.90 Å². The summed E-state index contributed by atoms with van der Waals surface area (Å²) < 4.78 is 0. The number of likely N-dealkylation sites (tertiary alicyclic amines) is 1. The van der Waals surface area contributed by atoms with Crippen molar-refractivity contribution in [2.24, 2.45) is 0 Å². The SMILES string of the molecule is O=C([O-])CN1C(=O)CCC1C(=O)[O-].[Na+].[Na+]. The van der Waals surface area contributed by atoms with E-state index in [1.807, 2.05) is 0 Å². The Morgan fingerprint density at radius 2 is 1.87 bits per heavy atom. The minimum atomic E-state index is -1.47. The van der Waals surface area contributed by atoms with Gasteiger partial charge in [0.05, 0.1) is 24.5 Å². The number of hydrogen-bond donors (Lipinski definition) is 0. The van der Waals surface area contributed by atoms with Gasteiger partial charge in [-0.05, 0) is 6.42 Å². The quantitative estimate of drug-likeness (QED) is 0.449. The molecule has 0 radical (unpaired) electrons. The average molecular weight is 231 g/mol. The first-order chi connectivity index (χ1) is 6.02. The topological polar surface area (TPSA) is 101 Å². The van der Waals surface area contributed by atoms with Crippen LogP contribution in [0, 0.1) is 0 Å². The molecule has 15 heavy (non-hydrogen) atoms. The van der Waals surface area contributed by atoms with Gasteiger partial charge in [0.15, 0.2) is 0 Å². The van der Waals surface area contributed by atoms with Crippen molar-refractivity contribution in [3.05, 3.63) is 0 Å². The maximum absolute atomic E-state index is 11.0. The van der Waals surface area contributed by atoms with Crippen LogP contribution in [0.4, 0.5) is 0 Å². The largest absolute Gasteiger partial charge is 1.00 e. The van der Waals surface area contributed by atoms with Crippen molar-refractivity contribution in [1.29, 1.82) is 0 Å². The van der Waals surface area contributed by atoms with Crippen LogP contribution in [-0.4, -0.2) is 35.3 Å². The van der Waals surface area contributed by atoms with Gasteiger partial charge in [0.1, 0.15) is 0 Å². The Balaban J connectivity index is 0. The molecule has 1 aliphatic heterocycles. The van der Waals surface area contributed by atoms with Gasteiger partial charge < -0.3 is 24.7 Å². The molecule has 1 rings (SSSR count). The maximum atomic E-state index is 11.0. The van der Waals surface area contributed by atoms with E-state index in [4.69, 9.17) is 0 Å². The summed E-state index contributed by atoms with van der Waals surface area (Å²) in [6.45, 7) is -0.683. The third-order valence-corrected chi connectivity index (χ3v) is 1.90. The molecule has 1 fully saturated rings. The third kappa shape index (κ3) is 4.84. The summed E-state index contributed by atoms with van der Waals surface area (Å²) in [5.74, 6) is -3.38. The summed E-state index contributed by atoms with van der Waals surface area (Å²) in [6, 6.07) is -1.12. The molecule has 0 saturated carbocycles. The molecule has 0 aliphatic carbocycles. The van der Waals surface area contributed by atoms with E-state index in [2.05, 4.69) is 0 Å². The van der Waals surface area contributed by atoms with E-state index < -0.39 is 30.4 Å². The number of carboxylic acids is 2. The molecular formula is C7H7NNa2O5. The molecule has 1 unspecified atom stereocenters. The van der Waals surface area contributed by atoms with Gasteiger partial charge in [-0.25, -0.2) is 0 Å². The average Bonchev–Trinajstić information content (AvgIpc) is 2.32. The minimum Gasteiger partial charge on any atom is -0.548 e. The standard InChI is InChI=1S/C7H9NO5.2Na/c9-5-2-1-4(7(12)13)8(5)3-6(10)11;;/h4H,1-3H2,(H,10,11)(H,12,13);;/q;2*+1/p-2.